The highest BCUT2D eigenvalue weighted by atomic mass is 16.1. The van der Waals surface area contributed by atoms with E-state index in [2.05, 4.69) is 11.5 Å². The van der Waals surface area contributed by atoms with E-state index in [9.17, 15) is 4.79 Å². The number of aromatic nitrogens is 1. The highest BCUT2D eigenvalue weighted by Gasteiger charge is 2.11. The second-order valence-electron chi connectivity index (χ2n) is 5.07. The Bertz CT molecular complexity index is 338. The average molecular weight is 235 g/mol. The third-order valence-corrected chi connectivity index (χ3v) is 3.08. The predicted molar refractivity (Wildman–Crippen MR) is 72.4 cm³/mol. The fourth-order valence-corrected chi connectivity index (χ4v) is 1.96. The maximum Gasteiger partial charge on any atom is 0.166 e. The van der Waals surface area contributed by atoms with Gasteiger partial charge in [-0.25, -0.2) is 0 Å². The van der Waals surface area contributed by atoms with Crippen LogP contribution in [0.1, 0.15) is 63.2 Å². The second kappa shape index (κ2) is 7.31. The first-order valence-electron chi connectivity index (χ1n) is 6.85. The molecule has 1 rings (SSSR count). The molecule has 1 aromatic rings. The summed E-state index contributed by atoms with van der Waals surface area (Å²) < 4.78 is 2.14. The molecule has 0 radical (unpaired) electrons. The summed E-state index contributed by atoms with van der Waals surface area (Å²) in [6.07, 6.45) is 10.5. The van der Waals surface area contributed by atoms with E-state index in [1.165, 1.54) is 32.1 Å². The molecular formula is C15H25NO. The molecule has 17 heavy (non-hydrogen) atoms. The van der Waals surface area contributed by atoms with Crippen LogP contribution in [0.15, 0.2) is 18.5 Å². The SMILES string of the molecule is CCCCCCCn1ccc(C(=O)C(C)C)c1. The fraction of sp³-hybridized carbons (Fsp3) is 0.667. The molecule has 0 unspecified atom stereocenters. The number of hydrogen-bond acceptors (Lipinski definition) is 1. The number of unbranched alkanes of at least 4 members (excludes halogenated alkanes) is 4. The Labute approximate surface area is 105 Å². The Morgan fingerprint density at radius 3 is 2.59 bits per heavy atom. The molecule has 0 saturated heterocycles. The minimum Gasteiger partial charge on any atom is -0.354 e. The Morgan fingerprint density at radius 2 is 1.94 bits per heavy atom. The van der Waals surface area contributed by atoms with Crippen molar-refractivity contribution in [3.8, 4) is 0 Å². The van der Waals surface area contributed by atoms with Gasteiger partial charge in [0, 0.05) is 30.4 Å². The van der Waals surface area contributed by atoms with Crippen LogP contribution in [0.4, 0.5) is 0 Å². The summed E-state index contributed by atoms with van der Waals surface area (Å²) in [7, 11) is 0. The molecule has 0 aliphatic carbocycles. The summed E-state index contributed by atoms with van der Waals surface area (Å²) in [6.45, 7) is 7.17. The minimum atomic E-state index is 0.0930. The topological polar surface area (TPSA) is 22.0 Å². The predicted octanol–water partition coefficient (Wildman–Crippen LogP) is 4.30. The Kier molecular flexibility index (Phi) is 6.03. The highest BCUT2D eigenvalue weighted by Crippen LogP contribution is 2.10. The molecule has 0 saturated carbocycles. The van der Waals surface area contributed by atoms with Crippen molar-refractivity contribution >= 4 is 5.78 Å². The van der Waals surface area contributed by atoms with E-state index in [0.29, 0.717) is 0 Å². The lowest BCUT2D eigenvalue weighted by Crippen LogP contribution is -2.06. The monoisotopic (exact) mass is 235 g/mol. The third-order valence-electron chi connectivity index (χ3n) is 3.08. The number of rotatable bonds is 8. The number of carbonyl (C=O) groups is 1. The van der Waals surface area contributed by atoms with E-state index >= 15 is 0 Å². The van der Waals surface area contributed by atoms with Crippen molar-refractivity contribution in [2.24, 2.45) is 5.92 Å². The largest absolute Gasteiger partial charge is 0.354 e. The number of ketones is 1. The van der Waals surface area contributed by atoms with Gasteiger partial charge >= 0.3 is 0 Å². The van der Waals surface area contributed by atoms with Crippen LogP contribution in [0.2, 0.25) is 0 Å². The standard InChI is InChI=1S/C15H25NO/c1-4-5-6-7-8-10-16-11-9-14(12-16)15(17)13(2)3/h9,11-13H,4-8,10H2,1-3H3. The molecule has 0 aromatic carbocycles. The van der Waals surface area contributed by atoms with Gasteiger partial charge in [0.25, 0.3) is 0 Å². The van der Waals surface area contributed by atoms with Crippen LogP contribution in [-0.4, -0.2) is 10.4 Å². The summed E-state index contributed by atoms with van der Waals surface area (Å²) in [5, 5.41) is 0. The van der Waals surface area contributed by atoms with E-state index in [-0.39, 0.29) is 11.7 Å². The summed E-state index contributed by atoms with van der Waals surface area (Å²) in [5.74, 6) is 0.338. The number of nitrogens with zero attached hydrogens (tertiary/aromatic N) is 1. The summed E-state index contributed by atoms with van der Waals surface area (Å²) in [4.78, 5) is 11.8. The minimum absolute atomic E-state index is 0.0930. The molecular weight excluding hydrogens is 210 g/mol. The maximum atomic E-state index is 11.8. The van der Waals surface area contributed by atoms with Crippen LogP contribution in [-0.2, 0) is 6.54 Å². The third kappa shape index (κ3) is 4.76. The first-order valence-corrected chi connectivity index (χ1v) is 6.85. The molecule has 0 bridgehead atoms. The number of aryl methyl sites for hydroxylation is 1. The first-order chi connectivity index (χ1) is 8.15. The van der Waals surface area contributed by atoms with Crippen molar-refractivity contribution in [1.29, 1.82) is 0 Å². The van der Waals surface area contributed by atoms with Gasteiger partial charge in [-0.2, -0.15) is 0 Å². The van der Waals surface area contributed by atoms with E-state index in [0.717, 1.165) is 12.1 Å². The zero-order valence-electron chi connectivity index (χ0n) is 11.4. The lowest BCUT2D eigenvalue weighted by atomic mass is 10.0. The summed E-state index contributed by atoms with van der Waals surface area (Å²) in [5.41, 5.74) is 0.855. The Balaban J connectivity index is 2.33. The van der Waals surface area contributed by atoms with Gasteiger partial charge in [-0.1, -0.05) is 46.5 Å². The van der Waals surface area contributed by atoms with E-state index < -0.39 is 0 Å². The van der Waals surface area contributed by atoms with Gasteiger partial charge in [0.15, 0.2) is 5.78 Å². The molecule has 0 spiro atoms. The fourth-order valence-electron chi connectivity index (χ4n) is 1.96. The number of Topliss-reactive ketones (excluding diaryl/α,β-unsaturated/α-hetero) is 1. The van der Waals surface area contributed by atoms with Crippen LogP contribution >= 0.6 is 0 Å². The van der Waals surface area contributed by atoms with Crippen molar-refractivity contribution in [3.05, 3.63) is 24.0 Å². The quantitative estimate of drug-likeness (QED) is 0.486. The van der Waals surface area contributed by atoms with Crippen molar-refractivity contribution in [3.63, 3.8) is 0 Å². The molecule has 0 aliphatic rings. The molecule has 96 valence electrons. The second-order valence-corrected chi connectivity index (χ2v) is 5.07. The lowest BCUT2D eigenvalue weighted by Gasteiger charge is -2.03. The molecule has 1 aromatic heterocycles. The van der Waals surface area contributed by atoms with Crippen LogP contribution in [0.5, 0.6) is 0 Å². The first kappa shape index (κ1) is 14.0. The molecule has 0 aliphatic heterocycles. The molecule has 2 nitrogen and oxygen atoms in total. The van der Waals surface area contributed by atoms with E-state index in [4.69, 9.17) is 0 Å². The normalized spacial score (nSPS) is 11.1. The van der Waals surface area contributed by atoms with E-state index in [1.54, 1.807) is 0 Å². The molecule has 0 amide bonds. The zero-order valence-corrected chi connectivity index (χ0v) is 11.4. The van der Waals surface area contributed by atoms with Gasteiger partial charge in [-0.3, -0.25) is 4.79 Å². The molecule has 1 heterocycles. The van der Waals surface area contributed by atoms with Crippen LogP contribution in [0.25, 0.3) is 0 Å². The smallest absolute Gasteiger partial charge is 0.166 e. The molecule has 2 heteroatoms. The molecule has 0 atom stereocenters. The van der Waals surface area contributed by atoms with Gasteiger partial charge in [0.05, 0.1) is 0 Å². The molecule has 0 N–H and O–H groups in total. The lowest BCUT2D eigenvalue weighted by molar-refractivity contribution is 0.0939. The highest BCUT2D eigenvalue weighted by molar-refractivity contribution is 5.97. The summed E-state index contributed by atoms with van der Waals surface area (Å²) in [6, 6.07) is 1.94. The van der Waals surface area contributed by atoms with Gasteiger partial charge in [0.1, 0.15) is 0 Å². The van der Waals surface area contributed by atoms with Crippen molar-refractivity contribution < 1.29 is 4.79 Å². The Morgan fingerprint density at radius 1 is 1.24 bits per heavy atom. The molecule has 0 fully saturated rings. The van der Waals surface area contributed by atoms with Gasteiger partial charge in [0.2, 0.25) is 0 Å². The summed E-state index contributed by atoms with van der Waals surface area (Å²) >= 11 is 0. The van der Waals surface area contributed by atoms with E-state index in [1.807, 2.05) is 32.3 Å². The van der Waals surface area contributed by atoms with Crippen molar-refractivity contribution in [2.45, 2.75) is 59.4 Å². The van der Waals surface area contributed by atoms with Crippen LogP contribution in [0, 0.1) is 5.92 Å². The van der Waals surface area contributed by atoms with Crippen LogP contribution < -0.4 is 0 Å². The van der Waals surface area contributed by atoms with Gasteiger partial charge < -0.3 is 4.57 Å². The number of carbonyl (C=O) groups excluding carboxylic acids is 1. The number of hydrogen-bond donors (Lipinski definition) is 0. The van der Waals surface area contributed by atoms with Crippen LogP contribution in [0.3, 0.4) is 0 Å². The Hall–Kier alpha value is -1.05. The van der Waals surface area contributed by atoms with Gasteiger partial charge in [-0.05, 0) is 12.5 Å². The zero-order chi connectivity index (χ0) is 12.7. The van der Waals surface area contributed by atoms with Gasteiger partial charge in [-0.15, -0.1) is 0 Å². The maximum absolute atomic E-state index is 11.8. The van der Waals surface area contributed by atoms with Crippen molar-refractivity contribution in [2.75, 3.05) is 0 Å². The average Bonchev–Trinajstić information content (AvgIpc) is 2.76. The van der Waals surface area contributed by atoms with Crippen molar-refractivity contribution in [1.82, 2.24) is 4.57 Å².